The molecule has 0 bridgehead atoms. The van der Waals surface area contributed by atoms with Crippen molar-refractivity contribution in [3.05, 3.63) is 53.6 Å². The number of carbonyl (C=O) groups excluding carboxylic acids is 1. The number of nitrogens with zero attached hydrogens (tertiary/aromatic N) is 2. The number of para-hydroxylation sites is 2. The van der Waals surface area contributed by atoms with Crippen LogP contribution in [0.3, 0.4) is 0 Å². The Labute approximate surface area is 148 Å². The maximum atomic E-state index is 12.7. The van der Waals surface area contributed by atoms with Gasteiger partial charge in [0.25, 0.3) is 0 Å². The van der Waals surface area contributed by atoms with Crippen LogP contribution < -0.4 is 5.32 Å². The lowest BCUT2D eigenvalue weighted by Crippen LogP contribution is -2.35. The van der Waals surface area contributed by atoms with Crippen molar-refractivity contribution in [2.45, 2.75) is 46.7 Å². The van der Waals surface area contributed by atoms with Crippen LogP contribution in [0.4, 0.5) is 0 Å². The molecular formula is C20H26N4O. The Balaban J connectivity index is 1.82. The first-order valence-corrected chi connectivity index (χ1v) is 8.86. The topological polar surface area (TPSA) is 62.7 Å². The van der Waals surface area contributed by atoms with Gasteiger partial charge in [-0.15, -0.1) is 0 Å². The summed E-state index contributed by atoms with van der Waals surface area (Å²) in [6.07, 6.45) is 0.962. The number of amides is 1. The summed E-state index contributed by atoms with van der Waals surface area (Å²) in [6.45, 7) is 8.65. The van der Waals surface area contributed by atoms with Crippen molar-refractivity contribution in [1.82, 2.24) is 19.9 Å². The molecule has 0 aliphatic carbocycles. The van der Waals surface area contributed by atoms with E-state index in [2.05, 4.69) is 24.1 Å². The molecule has 0 radical (unpaired) electrons. The van der Waals surface area contributed by atoms with Gasteiger partial charge in [0.05, 0.1) is 17.1 Å². The van der Waals surface area contributed by atoms with E-state index < -0.39 is 0 Å². The fourth-order valence-corrected chi connectivity index (χ4v) is 3.15. The van der Waals surface area contributed by atoms with Crippen LogP contribution >= 0.6 is 0 Å². The van der Waals surface area contributed by atoms with Crippen LogP contribution in [0.1, 0.15) is 43.5 Å². The zero-order chi connectivity index (χ0) is 18.0. The minimum Gasteiger partial charge on any atom is -0.344 e. The van der Waals surface area contributed by atoms with Gasteiger partial charge >= 0.3 is 0 Å². The predicted octanol–water partition coefficient (Wildman–Crippen LogP) is 3.88. The number of aryl methyl sites for hydroxylation is 2. The first kappa shape index (κ1) is 17.3. The summed E-state index contributed by atoms with van der Waals surface area (Å²) < 4.78 is 2.03. The van der Waals surface area contributed by atoms with Crippen molar-refractivity contribution >= 4 is 16.9 Å². The number of nitrogens with one attached hydrogen (secondary N) is 2. The second-order valence-corrected chi connectivity index (χ2v) is 6.77. The van der Waals surface area contributed by atoms with Gasteiger partial charge in [-0.05, 0) is 44.0 Å². The van der Waals surface area contributed by atoms with Crippen LogP contribution in [-0.2, 0) is 11.3 Å². The number of aromatic amines is 1. The molecule has 2 N–H and O–H groups in total. The van der Waals surface area contributed by atoms with Gasteiger partial charge in [-0.2, -0.15) is 0 Å². The lowest BCUT2D eigenvalue weighted by atomic mass is 9.98. The Kier molecular flexibility index (Phi) is 4.93. The molecule has 3 aromatic rings. The van der Waals surface area contributed by atoms with Crippen LogP contribution in [0.2, 0.25) is 0 Å². The average molecular weight is 338 g/mol. The van der Waals surface area contributed by atoms with Gasteiger partial charge in [0.2, 0.25) is 5.91 Å². The molecule has 5 nitrogen and oxygen atoms in total. The van der Waals surface area contributed by atoms with Crippen molar-refractivity contribution in [1.29, 1.82) is 0 Å². The van der Waals surface area contributed by atoms with Crippen LogP contribution in [0, 0.1) is 19.8 Å². The summed E-state index contributed by atoms with van der Waals surface area (Å²) in [5.41, 5.74) is 4.11. The summed E-state index contributed by atoms with van der Waals surface area (Å²) in [5, 5.41) is 3.18. The number of hydrogen-bond donors (Lipinski definition) is 2. The molecule has 132 valence electrons. The van der Waals surface area contributed by atoms with E-state index in [9.17, 15) is 4.79 Å². The monoisotopic (exact) mass is 338 g/mol. The van der Waals surface area contributed by atoms with E-state index >= 15 is 0 Å². The zero-order valence-electron chi connectivity index (χ0n) is 15.3. The summed E-state index contributed by atoms with van der Waals surface area (Å²) in [5.74, 6) is 1.12. The second-order valence-electron chi connectivity index (χ2n) is 6.77. The van der Waals surface area contributed by atoms with Crippen LogP contribution in [-0.4, -0.2) is 20.4 Å². The van der Waals surface area contributed by atoms with Gasteiger partial charge in [0, 0.05) is 11.4 Å². The molecule has 0 aliphatic rings. The number of hydrogen-bond acceptors (Lipinski definition) is 2. The SMILES string of the molecule is CC[C@H](C)[C@H](NC(=O)Cn1c(C)ccc1C)c1nc2ccccc2[nH]1. The molecule has 2 heterocycles. The number of fused-ring (bicyclic) bond motifs is 1. The average Bonchev–Trinajstić information content (AvgIpc) is 3.17. The Hall–Kier alpha value is -2.56. The number of imidazole rings is 1. The number of benzene rings is 1. The molecule has 1 amide bonds. The molecule has 0 aliphatic heterocycles. The summed E-state index contributed by atoms with van der Waals surface area (Å²) in [6, 6.07) is 11.9. The van der Waals surface area contributed by atoms with Crippen LogP contribution in [0.15, 0.2) is 36.4 Å². The molecule has 5 heteroatoms. The summed E-state index contributed by atoms with van der Waals surface area (Å²) in [7, 11) is 0. The second kappa shape index (κ2) is 7.13. The Morgan fingerprint density at radius 1 is 1.20 bits per heavy atom. The van der Waals surface area contributed by atoms with Gasteiger partial charge in [-0.1, -0.05) is 32.4 Å². The van der Waals surface area contributed by atoms with E-state index in [-0.39, 0.29) is 17.9 Å². The molecule has 2 atom stereocenters. The van der Waals surface area contributed by atoms with Gasteiger partial charge < -0.3 is 14.9 Å². The normalized spacial score (nSPS) is 13.8. The van der Waals surface area contributed by atoms with E-state index in [4.69, 9.17) is 4.98 Å². The smallest absolute Gasteiger partial charge is 0.240 e. The fraction of sp³-hybridized carbons (Fsp3) is 0.400. The highest BCUT2D eigenvalue weighted by atomic mass is 16.2. The summed E-state index contributed by atoms with van der Waals surface area (Å²) >= 11 is 0. The van der Waals surface area contributed by atoms with Crippen molar-refractivity contribution in [2.24, 2.45) is 5.92 Å². The summed E-state index contributed by atoms with van der Waals surface area (Å²) in [4.78, 5) is 20.7. The van der Waals surface area contributed by atoms with Crippen molar-refractivity contribution in [2.75, 3.05) is 0 Å². The number of aromatic nitrogens is 3. The zero-order valence-corrected chi connectivity index (χ0v) is 15.3. The highest BCUT2D eigenvalue weighted by Gasteiger charge is 2.24. The largest absolute Gasteiger partial charge is 0.344 e. The predicted molar refractivity (Wildman–Crippen MR) is 100 cm³/mol. The molecule has 0 saturated carbocycles. The molecule has 0 unspecified atom stereocenters. The van der Waals surface area contributed by atoms with Crippen molar-refractivity contribution in [3.63, 3.8) is 0 Å². The van der Waals surface area contributed by atoms with Gasteiger partial charge in [-0.25, -0.2) is 4.98 Å². The maximum Gasteiger partial charge on any atom is 0.240 e. The minimum atomic E-state index is -0.124. The number of H-pyrrole nitrogens is 1. The molecule has 1 aromatic carbocycles. The van der Waals surface area contributed by atoms with Crippen LogP contribution in [0.5, 0.6) is 0 Å². The maximum absolute atomic E-state index is 12.7. The quantitative estimate of drug-likeness (QED) is 0.716. The van der Waals surface area contributed by atoms with E-state index in [1.165, 1.54) is 0 Å². The van der Waals surface area contributed by atoms with Crippen LogP contribution in [0.25, 0.3) is 11.0 Å². The molecule has 0 saturated heterocycles. The van der Waals surface area contributed by atoms with Gasteiger partial charge in [-0.3, -0.25) is 4.79 Å². The number of rotatable bonds is 6. The highest BCUT2D eigenvalue weighted by molar-refractivity contribution is 5.77. The molecule has 0 spiro atoms. The highest BCUT2D eigenvalue weighted by Crippen LogP contribution is 2.24. The van der Waals surface area contributed by atoms with Crippen molar-refractivity contribution < 1.29 is 4.79 Å². The van der Waals surface area contributed by atoms with E-state index in [0.717, 1.165) is 34.7 Å². The lowest BCUT2D eigenvalue weighted by molar-refractivity contribution is -0.122. The lowest BCUT2D eigenvalue weighted by Gasteiger charge is -2.23. The third kappa shape index (κ3) is 3.60. The first-order valence-electron chi connectivity index (χ1n) is 8.86. The molecule has 2 aromatic heterocycles. The Morgan fingerprint density at radius 3 is 2.52 bits per heavy atom. The molecule has 3 rings (SSSR count). The Morgan fingerprint density at radius 2 is 1.88 bits per heavy atom. The van der Waals surface area contributed by atoms with Crippen molar-refractivity contribution in [3.8, 4) is 0 Å². The molecule has 25 heavy (non-hydrogen) atoms. The van der Waals surface area contributed by atoms with Gasteiger partial charge in [0.15, 0.2) is 0 Å². The van der Waals surface area contributed by atoms with E-state index in [1.807, 2.05) is 54.8 Å². The third-order valence-corrected chi connectivity index (χ3v) is 4.95. The minimum absolute atomic E-state index is 0.00755. The Bertz CT molecular complexity index is 824. The van der Waals surface area contributed by atoms with Gasteiger partial charge in [0.1, 0.15) is 12.4 Å². The standard InChI is InChI=1S/C20H26N4O/c1-5-13(2)19(20-21-16-8-6-7-9-17(16)22-20)23-18(25)12-24-14(3)10-11-15(24)4/h6-11,13,19H,5,12H2,1-4H3,(H,21,22)(H,23,25)/t13-,19-/m0/s1. The third-order valence-electron chi connectivity index (χ3n) is 4.95. The van der Waals surface area contributed by atoms with E-state index in [0.29, 0.717) is 6.54 Å². The fourth-order valence-electron chi connectivity index (χ4n) is 3.15. The number of carbonyl (C=O) groups is 1. The van der Waals surface area contributed by atoms with E-state index in [1.54, 1.807) is 0 Å². The molecule has 0 fully saturated rings. The molecular weight excluding hydrogens is 312 g/mol. The first-order chi connectivity index (χ1) is 12.0.